The maximum Gasteiger partial charge on any atom is 0.253 e. The zero-order chi connectivity index (χ0) is 37.1. The van der Waals surface area contributed by atoms with Gasteiger partial charge in [-0.15, -0.1) is 0 Å². The Labute approximate surface area is 321 Å². The molecule has 2 nitrogen and oxygen atoms in total. The summed E-state index contributed by atoms with van der Waals surface area (Å²) in [5.41, 5.74) is 17.3. The van der Waals surface area contributed by atoms with Gasteiger partial charge >= 0.3 is 0 Å². The van der Waals surface area contributed by atoms with Gasteiger partial charge in [-0.25, -0.2) is 0 Å². The fraction of sp³-hybridized carbons (Fsp3) is 0.154. The molecule has 55 heavy (non-hydrogen) atoms. The molecule has 0 N–H and O–H groups in total. The number of hydrogen-bond acceptors (Lipinski definition) is 0. The molecule has 262 valence electrons. The summed E-state index contributed by atoms with van der Waals surface area (Å²) in [5.74, 6) is 0. The van der Waals surface area contributed by atoms with Crippen LogP contribution in [0.3, 0.4) is 0 Å². The van der Waals surface area contributed by atoms with Gasteiger partial charge in [-0.1, -0.05) is 133 Å². The Balaban J connectivity index is 1.35. The predicted molar refractivity (Wildman–Crippen MR) is 238 cm³/mol. The maximum absolute atomic E-state index is 2.64. The minimum absolute atomic E-state index is 0.0290. The summed E-state index contributed by atoms with van der Waals surface area (Å²) in [6, 6.07) is 53.6. The van der Waals surface area contributed by atoms with E-state index >= 15 is 0 Å². The molecule has 2 aliphatic rings. The van der Waals surface area contributed by atoms with Crippen LogP contribution in [-0.2, 0) is 10.8 Å². The first kappa shape index (κ1) is 31.3. The van der Waals surface area contributed by atoms with Gasteiger partial charge in [-0.05, 0) is 120 Å². The molecule has 0 saturated carbocycles. The topological polar surface area (TPSA) is 9.86 Å². The maximum atomic E-state index is 2.64. The highest BCUT2D eigenvalue weighted by atomic mass is 15.0. The first-order chi connectivity index (χ1) is 26.5. The van der Waals surface area contributed by atoms with Crippen LogP contribution < -0.4 is 16.4 Å². The molecular formula is C52H41BN2. The van der Waals surface area contributed by atoms with E-state index < -0.39 is 0 Å². The van der Waals surface area contributed by atoms with Crippen LogP contribution in [0.25, 0.3) is 87.7 Å². The van der Waals surface area contributed by atoms with Crippen LogP contribution in [0.1, 0.15) is 52.7 Å². The van der Waals surface area contributed by atoms with Crippen molar-refractivity contribution < 1.29 is 0 Å². The van der Waals surface area contributed by atoms with Crippen LogP contribution in [-0.4, -0.2) is 15.8 Å². The third kappa shape index (κ3) is 4.11. The van der Waals surface area contributed by atoms with Crippen molar-refractivity contribution in [1.29, 1.82) is 0 Å². The Morgan fingerprint density at radius 1 is 0.400 bits per heavy atom. The summed E-state index contributed by atoms with van der Waals surface area (Å²) in [6.45, 7) is 14.2. The zero-order valence-corrected chi connectivity index (χ0v) is 32.3. The van der Waals surface area contributed by atoms with Crippen LogP contribution in [0.2, 0.25) is 0 Å². The molecule has 2 aromatic heterocycles. The molecule has 8 aromatic carbocycles. The van der Waals surface area contributed by atoms with E-state index in [0.29, 0.717) is 0 Å². The minimum Gasteiger partial charge on any atom is -0.310 e. The lowest BCUT2D eigenvalue weighted by Crippen LogP contribution is -2.59. The molecule has 0 unspecified atom stereocenters. The molecule has 0 amide bonds. The highest BCUT2D eigenvalue weighted by molar-refractivity contribution is 7.01. The van der Waals surface area contributed by atoms with Gasteiger partial charge in [-0.2, -0.15) is 0 Å². The fourth-order valence-electron chi connectivity index (χ4n) is 10.2. The summed E-state index contributed by atoms with van der Waals surface area (Å²) < 4.78 is 5.27. The van der Waals surface area contributed by atoms with Crippen molar-refractivity contribution in [3.8, 4) is 22.5 Å². The molecule has 0 bridgehead atoms. The Morgan fingerprint density at radius 3 is 1.71 bits per heavy atom. The van der Waals surface area contributed by atoms with E-state index in [0.717, 1.165) is 0 Å². The molecule has 0 fully saturated rings. The van der Waals surface area contributed by atoms with Gasteiger partial charge in [0.15, 0.2) is 0 Å². The molecule has 0 spiro atoms. The molecule has 0 atom stereocenters. The molecule has 12 rings (SSSR count). The fourth-order valence-corrected chi connectivity index (χ4v) is 10.2. The van der Waals surface area contributed by atoms with Crippen LogP contribution >= 0.6 is 0 Å². The standard InChI is InChI=1S/C52H41BN2/c1-51(2,3)35-20-21-43-39(27-35)41-28-36(52(4,5)6)29-42-49(41)54(43)45-25-34(30-14-8-7-9-15-30)26-46-48(45)53(42)47-37-19-13-12-18-33(37)23-40-38-22-31-16-10-11-17-32(31)24-44(38)55(46)50(40)47/h7-29H,1-6H3. The van der Waals surface area contributed by atoms with E-state index in [4.69, 9.17) is 0 Å². The molecule has 0 radical (unpaired) electrons. The Hall–Kier alpha value is -6.06. The second-order valence-corrected chi connectivity index (χ2v) is 18.2. The third-order valence-corrected chi connectivity index (χ3v) is 12.9. The molecule has 4 heterocycles. The monoisotopic (exact) mass is 704 g/mol. The largest absolute Gasteiger partial charge is 0.310 e. The van der Waals surface area contributed by atoms with Crippen molar-refractivity contribution in [3.05, 3.63) is 151 Å². The van der Waals surface area contributed by atoms with E-state index in [-0.39, 0.29) is 17.5 Å². The lowest BCUT2D eigenvalue weighted by atomic mass is 9.33. The van der Waals surface area contributed by atoms with E-state index in [9.17, 15) is 0 Å². The van der Waals surface area contributed by atoms with E-state index in [2.05, 4.69) is 190 Å². The Bertz CT molecular complexity index is 3330. The van der Waals surface area contributed by atoms with Gasteiger partial charge in [0.05, 0.1) is 11.0 Å². The second-order valence-electron chi connectivity index (χ2n) is 18.2. The van der Waals surface area contributed by atoms with Crippen LogP contribution in [0, 0.1) is 0 Å². The number of rotatable bonds is 1. The smallest absolute Gasteiger partial charge is 0.253 e. The molecule has 3 heteroatoms. The SMILES string of the molecule is CC(C)(C)c1ccc2c(c1)c1cc(C(C)(C)C)cc3c1n2-c1cc(-c2ccccc2)cc2c1B3c1c3ccccc3cc3c4cc5ccccc5cc4n-2c13. The first-order valence-corrected chi connectivity index (χ1v) is 19.8. The van der Waals surface area contributed by atoms with Crippen LogP contribution in [0.15, 0.2) is 140 Å². The highest BCUT2D eigenvalue weighted by Crippen LogP contribution is 2.44. The Morgan fingerprint density at radius 2 is 0.982 bits per heavy atom. The quantitative estimate of drug-likeness (QED) is 0.151. The summed E-state index contributed by atoms with van der Waals surface area (Å²) in [6.07, 6.45) is 0. The molecular weight excluding hydrogens is 663 g/mol. The first-order valence-electron chi connectivity index (χ1n) is 19.8. The van der Waals surface area contributed by atoms with Crippen LogP contribution in [0.5, 0.6) is 0 Å². The van der Waals surface area contributed by atoms with Crippen molar-refractivity contribution >= 4 is 88.3 Å². The molecule has 0 aliphatic carbocycles. The number of nitrogens with zero attached hydrogens (tertiary/aromatic N) is 2. The zero-order valence-electron chi connectivity index (χ0n) is 32.3. The van der Waals surface area contributed by atoms with Gasteiger partial charge in [0.2, 0.25) is 0 Å². The molecule has 2 aliphatic heterocycles. The summed E-state index contributed by atoms with van der Waals surface area (Å²) >= 11 is 0. The van der Waals surface area contributed by atoms with E-state index in [1.54, 1.807) is 0 Å². The molecule has 0 saturated heterocycles. The Kier molecular flexibility index (Phi) is 5.90. The normalized spacial score (nSPS) is 13.6. The third-order valence-electron chi connectivity index (χ3n) is 12.9. The van der Waals surface area contributed by atoms with Crippen molar-refractivity contribution in [1.82, 2.24) is 9.13 Å². The average Bonchev–Trinajstić information content (AvgIpc) is 3.68. The number of aromatic nitrogens is 2. The summed E-state index contributed by atoms with van der Waals surface area (Å²) in [5, 5.41) is 10.5. The predicted octanol–water partition coefficient (Wildman–Crippen LogP) is 11.6. The summed E-state index contributed by atoms with van der Waals surface area (Å²) in [7, 11) is 0. The van der Waals surface area contributed by atoms with Gasteiger partial charge in [-0.3, -0.25) is 0 Å². The van der Waals surface area contributed by atoms with Crippen molar-refractivity contribution in [3.63, 3.8) is 0 Å². The van der Waals surface area contributed by atoms with Crippen LogP contribution in [0.4, 0.5) is 0 Å². The van der Waals surface area contributed by atoms with E-state index in [1.807, 2.05) is 0 Å². The number of benzene rings is 8. The average molecular weight is 705 g/mol. The van der Waals surface area contributed by atoms with Crippen molar-refractivity contribution in [2.75, 3.05) is 0 Å². The lowest BCUT2D eigenvalue weighted by Gasteiger charge is -2.35. The van der Waals surface area contributed by atoms with Gasteiger partial charge < -0.3 is 9.13 Å². The van der Waals surface area contributed by atoms with Gasteiger partial charge in [0, 0.05) is 44.0 Å². The second kappa shape index (κ2) is 10.4. The van der Waals surface area contributed by atoms with Crippen molar-refractivity contribution in [2.45, 2.75) is 52.4 Å². The molecule has 10 aromatic rings. The number of hydrogen-bond donors (Lipinski definition) is 0. The highest BCUT2D eigenvalue weighted by Gasteiger charge is 2.43. The van der Waals surface area contributed by atoms with E-state index in [1.165, 1.54) is 115 Å². The van der Waals surface area contributed by atoms with Gasteiger partial charge in [0.1, 0.15) is 0 Å². The summed E-state index contributed by atoms with van der Waals surface area (Å²) in [4.78, 5) is 0. The van der Waals surface area contributed by atoms with Crippen molar-refractivity contribution in [2.24, 2.45) is 0 Å². The minimum atomic E-state index is -0.0290. The lowest BCUT2D eigenvalue weighted by molar-refractivity contribution is 0.590. The number of fused-ring (bicyclic) bond motifs is 13. The van der Waals surface area contributed by atoms with Gasteiger partial charge in [0.25, 0.3) is 6.71 Å².